The maximum atomic E-state index is 12.5. The zero-order valence-corrected chi connectivity index (χ0v) is 14.4. The van der Waals surface area contributed by atoms with Gasteiger partial charge in [0.15, 0.2) is 5.75 Å². The SMILES string of the molecule is CN1CCC(=NOc2ccc(S(=O)(=O)c3ccccc3)cc2)CC1. The van der Waals surface area contributed by atoms with E-state index in [1.165, 1.54) is 0 Å². The van der Waals surface area contributed by atoms with Gasteiger partial charge in [-0.05, 0) is 43.4 Å². The number of piperidine rings is 1. The average Bonchev–Trinajstić information content (AvgIpc) is 2.62. The van der Waals surface area contributed by atoms with Gasteiger partial charge in [0, 0.05) is 25.9 Å². The number of rotatable bonds is 4. The van der Waals surface area contributed by atoms with Crippen LogP contribution in [-0.2, 0) is 9.84 Å². The predicted molar refractivity (Wildman–Crippen MR) is 93.1 cm³/mol. The monoisotopic (exact) mass is 344 g/mol. The van der Waals surface area contributed by atoms with Gasteiger partial charge in [-0.2, -0.15) is 0 Å². The summed E-state index contributed by atoms with van der Waals surface area (Å²) in [5, 5.41) is 4.18. The van der Waals surface area contributed by atoms with Gasteiger partial charge in [-0.15, -0.1) is 0 Å². The van der Waals surface area contributed by atoms with Crippen LogP contribution in [0.2, 0.25) is 0 Å². The highest BCUT2D eigenvalue weighted by molar-refractivity contribution is 7.91. The summed E-state index contributed by atoms with van der Waals surface area (Å²) < 4.78 is 25.0. The quantitative estimate of drug-likeness (QED) is 0.800. The Morgan fingerprint density at radius 3 is 2.12 bits per heavy atom. The van der Waals surface area contributed by atoms with E-state index in [1.807, 2.05) is 0 Å². The second-order valence-electron chi connectivity index (χ2n) is 5.84. The van der Waals surface area contributed by atoms with Crippen LogP contribution in [0.15, 0.2) is 69.5 Å². The molecule has 3 rings (SSSR count). The molecular weight excluding hydrogens is 324 g/mol. The number of sulfone groups is 1. The third-order valence-corrected chi connectivity index (χ3v) is 5.82. The summed E-state index contributed by atoms with van der Waals surface area (Å²) in [6.45, 7) is 1.97. The van der Waals surface area contributed by atoms with E-state index in [0.717, 1.165) is 31.6 Å². The topological polar surface area (TPSA) is 59.0 Å². The molecule has 0 spiro atoms. The molecule has 0 saturated carbocycles. The van der Waals surface area contributed by atoms with E-state index in [4.69, 9.17) is 4.84 Å². The molecular formula is C18H20N2O3S. The standard InChI is InChI=1S/C18H20N2O3S/c1-20-13-11-15(12-14-20)19-23-16-7-9-18(10-8-16)24(21,22)17-5-3-2-4-6-17/h2-10H,11-14H2,1H3. The van der Waals surface area contributed by atoms with Crippen molar-refractivity contribution in [2.75, 3.05) is 20.1 Å². The molecule has 2 aromatic carbocycles. The highest BCUT2D eigenvalue weighted by atomic mass is 32.2. The van der Waals surface area contributed by atoms with E-state index in [1.54, 1.807) is 54.6 Å². The van der Waals surface area contributed by atoms with Crippen molar-refractivity contribution in [1.82, 2.24) is 4.90 Å². The van der Waals surface area contributed by atoms with Gasteiger partial charge in [0.1, 0.15) is 0 Å². The lowest BCUT2D eigenvalue weighted by Crippen LogP contribution is -2.30. The normalized spacial score (nSPS) is 16.0. The molecule has 0 radical (unpaired) electrons. The van der Waals surface area contributed by atoms with Crippen molar-refractivity contribution >= 4 is 15.5 Å². The Kier molecular flexibility index (Phi) is 4.97. The molecule has 24 heavy (non-hydrogen) atoms. The Hall–Kier alpha value is -2.18. The lowest BCUT2D eigenvalue weighted by molar-refractivity contribution is 0.310. The van der Waals surface area contributed by atoms with Gasteiger partial charge in [0.2, 0.25) is 9.84 Å². The summed E-state index contributed by atoms with van der Waals surface area (Å²) in [6.07, 6.45) is 1.80. The Balaban J connectivity index is 1.71. The van der Waals surface area contributed by atoms with Crippen LogP contribution >= 0.6 is 0 Å². The minimum atomic E-state index is -3.49. The second-order valence-corrected chi connectivity index (χ2v) is 7.79. The maximum absolute atomic E-state index is 12.5. The van der Waals surface area contributed by atoms with Gasteiger partial charge in [-0.25, -0.2) is 8.42 Å². The molecule has 0 aliphatic carbocycles. The molecule has 1 aliphatic rings. The van der Waals surface area contributed by atoms with Gasteiger partial charge in [0.25, 0.3) is 0 Å². The van der Waals surface area contributed by atoms with Crippen molar-refractivity contribution in [3.05, 3.63) is 54.6 Å². The number of likely N-dealkylation sites (tertiary alicyclic amines) is 1. The predicted octanol–water partition coefficient (Wildman–Crippen LogP) is 2.98. The Bertz CT molecular complexity index is 805. The summed E-state index contributed by atoms with van der Waals surface area (Å²) >= 11 is 0. The molecule has 1 fully saturated rings. The lowest BCUT2D eigenvalue weighted by atomic mass is 10.1. The molecule has 0 aromatic heterocycles. The van der Waals surface area contributed by atoms with E-state index >= 15 is 0 Å². The van der Waals surface area contributed by atoms with E-state index in [9.17, 15) is 8.42 Å². The van der Waals surface area contributed by atoms with Gasteiger partial charge in [-0.1, -0.05) is 23.4 Å². The summed E-state index contributed by atoms with van der Waals surface area (Å²) in [4.78, 5) is 8.21. The van der Waals surface area contributed by atoms with Crippen molar-refractivity contribution in [2.24, 2.45) is 5.16 Å². The zero-order chi connectivity index (χ0) is 17.0. The number of nitrogens with zero attached hydrogens (tertiary/aromatic N) is 2. The Labute approximate surface area is 142 Å². The highest BCUT2D eigenvalue weighted by Gasteiger charge is 2.17. The number of hydrogen-bond acceptors (Lipinski definition) is 5. The fourth-order valence-corrected chi connectivity index (χ4v) is 3.78. The summed E-state index contributed by atoms with van der Waals surface area (Å²) in [5.41, 5.74) is 1.04. The molecule has 2 aromatic rings. The van der Waals surface area contributed by atoms with Crippen molar-refractivity contribution in [3.8, 4) is 5.75 Å². The summed E-state index contributed by atoms with van der Waals surface area (Å²) in [6, 6.07) is 14.8. The first-order chi connectivity index (χ1) is 11.6. The van der Waals surface area contributed by atoms with Crippen LogP contribution in [0.4, 0.5) is 0 Å². The molecule has 1 aliphatic heterocycles. The van der Waals surface area contributed by atoms with E-state index in [0.29, 0.717) is 5.75 Å². The lowest BCUT2D eigenvalue weighted by Gasteiger charge is -2.22. The summed E-state index contributed by atoms with van der Waals surface area (Å²) in [7, 11) is -1.41. The third kappa shape index (κ3) is 3.83. The number of oxime groups is 1. The largest absolute Gasteiger partial charge is 0.357 e. The van der Waals surface area contributed by atoms with Gasteiger partial charge in [0.05, 0.1) is 15.5 Å². The van der Waals surface area contributed by atoms with Crippen LogP contribution in [0.3, 0.4) is 0 Å². The fraction of sp³-hybridized carbons (Fsp3) is 0.278. The van der Waals surface area contributed by atoms with Crippen LogP contribution in [-0.4, -0.2) is 39.2 Å². The van der Waals surface area contributed by atoms with E-state index in [-0.39, 0.29) is 9.79 Å². The second kappa shape index (κ2) is 7.15. The number of benzene rings is 2. The summed E-state index contributed by atoms with van der Waals surface area (Å²) in [5.74, 6) is 0.536. The molecule has 0 bridgehead atoms. The molecule has 0 amide bonds. The molecule has 6 heteroatoms. The third-order valence-electron chi connectivity index (χ3n) is 4.03. The molecule has 0 unspecified atom stereocenters. The van der Waals surface area contributed by atoms with Crippen molar-refractivity contribution in [3.63, 3.8) is 0 Å². The van der Waals surface area contributed by atoms with Gasteiger partial charge < -0.3 is 9.74 Å². The molecule has 0 atom stereocenters. The molecule has 0 N–H and O–H groups in total. The number of hydrogen-bond donors (Lipinski definition) is 0. The maximum Gasteiger partial charge on any atom is 0.206 e. The first-order valence-electron chi connectivity index (χ1n) is 7.87. The van der Waals surface area contributed by atoms with Crippen molar-refractivity contribution in [1.29, 1.82) is 0 Å². The molecule has 1 saturated heterocycles. The fourth-order valence-electron chi connectivity index (χ4n) is 2.50. The zero-order valence-electron chi connectivity index (χ0n) is 13.6. The minimum Gasteiger partial charge on any atom is -0.357 e. The van der Waals surface area contributed by atoms with Gasteiger partial charge >= 0.3 is 0 Å². The molecule has 5 nitrogen and oxygen atoms in total. The van der Waals surface area contributed by atoms with Crippen LogP contribution in [0, 0.1) is 0 Å². The molecule has 1 heterocycles. The van der Waals surface area contributed by atoms with Crippen molar-refractivity contribution in [2.45, 2.75) is 22.6 Å². The van der Waals surface area contributed by atoms with Crippen LogP contribution in [0.25, 0.3) is 0 Å². The molecule has 126 valence electrons. The van der Waals surface area contributed by atoms with Gasteiger partial charge in [-0.3, -0.25) is 0 Å². The smallest absolute Gasteiger partial charge is 0.206 e. The van der Waals surface area contributed by atoms with Crippen molar-refractivity contribution < 1.29 is 13.3 Å². The minimum absolute atomic E-state index is 0.244. The van der Waals surface area contributed by atoms with E-state index < -0.39 is 9.84 Å². The van der Waals surface area contributed by atoms with Crippen LogP contribution in [0.5, 0.6) is 5.75 Å². The van der Waals surface area contributed by atoms with E-state index in [2.05, 4.69) is 17.1 Å². The Morgan fingerprint density at radius 2 is 1.50 bits per heavy atom. The highest BCUT2D eigenvalue weighted by Crippen LogP contribution is 2.23. The first kappa shape index (κ1) is 16.7. The van der Waals surface area contributed by atoms with Crippen LogP contribution in [0.1, 0.15) is 12.8 Å². The Morgan fingerprint density at radius 1 is 0.917 bits per heavy atom. The first-order valence-corrected chi connectivity index (χ1v) is 9.35. The average molecular weight is 344 g/mol. The van der Waals surface area contributed by atoms with Crippen LogP contribution < -0.4 is 4.84 Å².